The highest BCUT2D eigenvalue weighted by atomic mass is 32.2. The van der Waals surface area contributed by atoms with Crippen molar-refractivity contribution in [3.05, 3.63) is 29.8 Å². The highest BCUT2D eigenvalue weighted by molar-refractivity contribution is 7.89. The fraction of sp³-hybridized carbons (Fsp3) is 0.611. The van der Waals surface area contributed by atoms with Gasteiger partial charge < -0.3 is 10.1 Å². The first kappa shape index (κ1) is 18.4. The maximum Gasteiger partial charge on any atom is 0.251 e. The van der Waals surface area contributed by atoms with E-state index in [2.05, 4.69) is 10.0 Å². The van der Waals surface area contributed by atoms with E-state index >= 15 is 0 Å². The Kier molecular flexibility index (Phi) is 6.09. The third-order valence-corrected chi connectivity index (χ3v) is 6.41. The number of rotatable bonds is 5. The third-order valence-electron chi connectivity index (χ3n) is 4.87. The van der Waals surface area contributed by atoms with Crippen molar-refractivity contribution in [1.82, 2.24) is 10.0 Å². The summed E-state index contributed by atoms with van der Waals surface area (Å²) in [5.74, 6) is -0.198. The molecule has 2 N–H and O–H groups in total. The molecule has 0 unspecified atom stereocenters. The number of nitrogens with one attached hydrogen (secondary N) is 2. The molecule has 0 bridgehead atoms. The Labute approximate surface area is 149 Å². The predicted octanol–water partition coefficient (Wildman–Crippen LogP) is 2.21. The van der Waals surface area contributed by atoms with Crippen molar-refractivity contribution in [3.8, 4) is 0 Å². The lowest BCUT2D eigenvalue weighted by atomic mass is 10.1. The van der Waals surface area contributed by atoms with Crippen LogP contribution in [0.3, 0.4) is 0 Å². The summed E-state index contributed by atoms with van der Waals surface area (Å²) in [4.78, 5) is 12.4. The van der Waals surface area contributed by atoms with Gasteiger partial charge in [-0.1, -0.05) is 25.7 Å². The highest BCUT2D eigenvalue weighted by Gasteiger charge is 2.22. The van der Waals surface area contributed by atoms with Crippen LogP contribution in [0.25, 0.3) is 0 Å². The van der Waals surface area contributed by atoms with Crippen LogP contribution in [0.2, 0.25) is 0 Å². The molecule has 0 radical (unpaired) electrons. The van der Waals surface area contributed by atoms with E-state index in [0.717, 1.165) is 32.1 Å². The fourth-order valence-electron chi connectivity index (χ4n) is 3.39. The molecular weight excluding hydrogens is 340 g/mol. The van der Waals surface area contributed by atoms with Crippen LogP contribution in [0.1, 0.15) is 55.3 Å². The second-order valence-corrected chi connectivity index (χ2v) is 8.58. The number of benzene rings is 1. The van der Waals surface area contributed by atoms with Gasteiger partial charge in [-0.05, 0) is 43.5 Å². The van der Waals surface area contributed by atoms with Crippen LogP contribution in [0.15, 0.2) is 29.2 Å². The van der Waals surface area contributed by atoms with Gasteiger partial charge in [0.2, 0.25) is 10.0 Å². The summed E-state index contributed by atoms with van der Waals surface area (Å²) in [5, 5.41) is 2.90. The Morgan fingerprint density at radius 1 is 0.960 bits per heavy atom. The minimum Gasteiger partial charge on any atom is -0.379 e. The molecule has 3 rings (SSSR count). The van der Waals surface area contributed by atoms with Crippen LogP contribution in [0.4, 0.5) is 0 Å². The average molecular weight is 366 g/mol. The van der Waals surface area contributed by atoms with Gasteiger partial charge in [0, 0.05) is 18.2 Å². The molecular formula is C18H26N2O4S. The molecule has 1 saturated carbocycles. The number of amides is 1. The van der Waals surface area contributed by atoms with Gasteiger partial charge in [0.25, 0.3) is 5.91 Å². The van der Waals surface area contributed by atoms with Gasteiger partial charge in [-0.3, -0.25) is 4.79 Å². The van der Waals surface area contributed by atoms with Gasteiger partial charge in [-0.25, -0.2) is 13.1 Å². The number of hydrogen-bond acceptors (Lipinski definition) is 4. The molecule has 1 aliphatic heterocycles. The summed E-state index contributed by atoms with van der Waals surface area (Å²) in [5.41, 5.74) is 0.459. The maximum atomic E-state index is 12.5. The molecule has 1 saturated heterocycles. The van der Waals surface area contributed by atoms with Gasteiger partial charge in [0.1, 0.15) is 0 Å². The minimum absolute atomic E-state index is 0.0119. The lowest BCUT2D eigenvalue weighted by molar-refractivity contribution is 0.0930. The molecule has 1 aromatic carbocycles. The van der Waals surface area contributed by atoms with Crippen molar-refractivity contribution in [1.29, 1.82) is 0 Å². The summed E-state index contributed by atoms with van der Waals surface area (Å²) < 4.78 is 33.1. The van der Waals surface area contributed by atoms with Crippen molar-refractivity contribution >= 4 is 15.9 Å². The van der Waals surface area contributed by atoms with E-state index in [9.17, 15) is 13.2 Å². The molecule has 0 aromatic heterocycles. The number of ether oxygens (including phenoxy) is 1. The monoisotopic (exact) mass is 366 g/mol. The Morgan fingerprint density at radius 3 is 2.24 bits per heavy atom. The summed E-state index contributed by atoms with van der Waals surface area (Å²) in [7, 11) is -3.54. The van der Waals surface area contributed by atoms with Gasteiger partial charge >= 0.3 is 0 Å². The van der Waals surface area contributed by atoms with Crippen LogP contribution in [-0.2, 0) is 14.8 Å². The van der Waals surface area contributed by atoms with Crippen molar-refractivity contribution in [3.63, 3.8) is 0 Å². The molecule has 6 nitrogen and oxygen atoms in total. The van der Waals surface area contributed by atoms with Crippen LogP contribution in [-0.4, -0.2) is 39.6 Å². The van der Waals surface area contributed by atoms with Crippen LogP contribution >= 0.6 is 0 Å². The molecule has 138 valence electrons. The third kappa shape index (κ3) is 5.03. The normalized spacial score (nSPS) is 22.5. The molecule has 2 aliphatic rings. The fourth-order valence-corrected chi connectivity index (χ4v) is 4.69. The van der Waals surface area contributed by atoms with Crippen LogP contribution in [0.5, 0.6) is 0 Å². The second kappa shape index (κ2) is 8.29. The molecule has 7 heteroatoms. The van der Waals surface area contributed by atoms with Gasteiger partial charge in [-0.15, -0.1) is 0 Å². The molecule has 1 atom stereocenters. The summed E-state index contributed by atoms with van der Waals surface area (Å²) in [6.07, 6.45) is 7.08. The minimum atomic E-state index is -3.54. The Hall–Kier alpha value is -1.44. The van der Waals surface area contributed by atoms with E-state index in [0.29, 0.717) is 18.8 Å². The first-order valence-corrected chi connectivity index (χ1v) is 10.5. The molecule has 25 heavy (non-hydrogen) atoms. The maximum absolute atomic E-state index is 12.5. The summed E-state index contributed by atoms with van der Waals surface area (Å²) >= 11 is 0. The number of hydrogen-bond donors (Lipinski definition) is 2. The standard InChI is InChI=1S/C18H26N2O4S/c21-18(19-16-11-12-24-13-16)14-7-9-17(10-8-14)25(22,23)20-15-5-3-1-2-4-6-15/h7-10,15-16,20H,1-6,11-13H2,(H,19,21)/t16-/m1/s1. The highest BCUT2D eigenvalue weighted by Crippen LogP contribution is 2.20. The Morgan fingerprint density at radius 2 is 1.64 bits per heavy atom. The van der Waals surface area contributed by atoms with Crippen molar-refractivity contribution < 1.29 is 17.9 Å². The van der Waals surface area contributed by atoms with Crippen molar-refractivity contribution in [2.24, 2.45) is 0 Å². The van der Waals surface area contributed by atoms with E-state index in [1.54, 1.807) is 12.1 Å². The zero-order valence-electron chi connectivity index (χ0n) is 14.4. The Balaban J connectivity index is 1.62. The van der Waals surface area contributed by atoms with E-state index < -0.39 is 10.0 Å². The van der Waals surface area contributed by atoms with E-state index in [1.165, 1.54) is 25.0 Å². The predicted molar refractivity (Wildman–Crippen MR) is 94.9 cm³/mol. The SMILES string of the molecule is O=C(N[C@@H]1CCOC1)c1ccc(S(=O)(=O)NC2CCCCCC2)cc1. The second-order valence-electron chi connectivity index (χ2n) is 6.87. The van der Waals surface area contributed by atoms with Gasteiger partial charge in [-0.2, -0.15) is 0 Å². The smallest absolute Gasteiger partial charge is 0.251 e. The molecule has 0 spiro atoms. The zero-order chi connectivity index (χ0) is 17.7. The summed E-state index contributed by atoms with van der Waals surface area (Å²) in [6.45, 7) is 1.19. The van der Waals surface area contributed by atoms with Gasteiger partial charge in [0.05, 0.1) is 17.5 Å². The quantitative estimate of drug-likeness (QED) is 0.783. The van der Waals surface area contributed by atoms with E-state index in [1.807, 2.05) is 0 Å². The number of carbonyl (C=O) groups excluding carboxylic acids is 1. The molecule has 2 fully saturated rings. The molecule has 1 heterocycles. The number of sulfonamides is 1. The number of carbonyl (C=O) groups is 1. The van der Waals surface area contributed by atoms with E-state index in [4.69, 9.17) is 4.74 Å². The van der Waals surface area contributed by atoms with Crippen molar-refractivity contribution in [2.45, 2.75) is 61.9 Å². The molecule has 1 aromatic rings. The Bertz CT molecular complexity index is 674. The molecule has 1 amide bonds. The lowest BCUT2D eigenvalue weighted by Gasteiger charge is -2.16. The zero-order valence-corrected chi connectivity index (χ0v) is 15.2. The van der Waals surface area contributed by atoms with Crippen LogP contribution < -0.4 is 10.0 Å². The van der Waals surface area contributed by atoms with Crippen LogP contribution in [0, 0.1) is 0 Å². The largest absolute Gasteiger partial charge is 0.379 e. The topological polar surface area (TPSA) is 84.5 Å². The molecule has 1 aliphatic carbocycles. The average Bonchev–Trinajstić information content (AvgIpc) is 2.98. The first-order valence-electron chi connectivity index (χ1n) is 9.05. The van der Waals surface area contributed by atoms with Crippen molar-refractivity contribution in [2.75, 3.05) is 13.2 Å². The van der Waals surface area contributed by atoms with E-state index in [-0.39, 0.29) is 22.9 Å². The first-order chi connectivity index (χ1) is 12.0. The lowest BCUT2D eigenvalue weighted by Crippen LogP contribution is -2.35. The van der Waals surface area contributed by atoms with Gasteiger partial charge in [0.15, 0.2) is 0 Å². The summed E-state index contributed by atoms with van der Waals surface area (Å²) in [6, 6.07) is 6.17.